The molecule has 1 aromatic carbocycles. The van der Waals surface area contributed by atoms with Crippen molar-refractivity contribution < 1.29 is 9.47 Å². The van der Waals surface area contributed by atoms with Crippen molar-refractivity contribution in [3.05, 3.63) is 29.8 Å². The molecule has 7 heteroatoms. The number of fused-ring (bicyclic) bond motifs is 1. The monoisotopic (exact) mass is 488 g/mol. The zero-order chi connectivity index (χ0) is 18.4. The minimum absolute atomic E-state index is 0. The molecule has 0 saturated carbocycles. The summed E-state index contributed by atoms with van der Waals surface area (Å²) in [6, 6.07) is 8.48. The molecular formula is C20H33IN4O2. The van der Waals surface area contributed by atoms with Gasteiger partial charge in [-0.1, -0.05) is 18.2 Å². The number of likely N-dealkylation sites (N-methyl/N-ethyl adjacent to an activating group) is 1. The molecule has 0 spiro atoms. The van der Waals surface area contributed by atoms with E-state index in [4.69, 9.17) is 14.5 Å². The number of guanidine groups is 1. The molecule has 1 unspecified atom stereocenters. The van der Waals surface area contributed by atoms with Gasteiger partial charge in [-0.15, -0.1) is 24.0 Å². The first-order chi connectivity index (χ1) is 12.6. The first-order valence-corrected chi connectivity index (χ1v) is 9.66. The van der Waals surface area contributed by atoms with Gasteiger partial charge in [-0.05, 0) is 39.9 Å². The van der Waals surface area contributed by atoms with Crippen molar-refractivity contribution in [3.63, 3.8) is 0 Å². The molecule has 1 atom stereocenters. The third-order valence-electron chi connectivity index (χ3n) is 5.52. The molecule has 2 aliphatic rings. The fourth-order valence-electron chi connectivity index (χ4n) is 3.70. The summed E-state index contributed by atoms with van der Waals surface area (Å²) in [4.78, 5) is 7.27. The highest BCUT2D eigenvalue weighted by Crippen LogP contribution is 2.31. The summed E-state index contributed by atoms with van der Waals surface area (Å²) >= 11 is 0. The first kappa shape index (κ1) is 22.2. The fourth-order valence-corrected chi connectivity index (χ4v) is 3.70. The summed E-state index contributed by atoms with van der Waals surface area (Å²) in [7, 11) is 4.30. The lowest BCUT2D eigenvalue weighted by atomic mass is 9.89. The minimum atomic E-state index is 0. The van der Waals surface area contributed by atoms with Crippen LogP contribution in [-0.2, 0) is 4.74 Å². The molecule has 27 heavy (non-hydrogen) atoms. The van der Waals surface area contributed by atoms with Gasteiger partial charge >= 0.3 is 0 Å². The second-order valence-electron chi connectivity index (χ2n) is 7.30. The Morgan fingerprint density at radius 1 is 1.22 bits per heavy atom. The van der Waals surface area contributed by atoms with Crippen LogP contribution >= 0.6 is 24.0 Å². The van der Waals surface area contributed by atoms with E-state index in [9.17, 15) is 0 Å². The van der Waals surface area contributed by atoms with Crippen LogP contribution in [0.3, 0.4) is 0 Å². The molecule has 2 N–H and O–H groups in total. The predicted molar refractivity (Wildman–Crippen MR) is 120 cm³/mol. The fraction of sp³-hybridized carbons (Fsp3) is 0.650. The lowest BCUT2D eigenvalue weighted by Gasteiger charge is -2.41. The SMILES string of the molecule is CCNC(=NCC1(N(C)C)CCOCC1)NC1CCOc2ccccc21.I. The highest BCUT2D eigenvalue weighted by Gasteiger charge is 2.34. The number of nitrogens with one attached hydrogen (secondary N) is 2. The summed E-state index contributed by atoms with van der Waals surface area (Å²) < 4.78 is 11.3. The largest absolute Gasteiger partial charge is 0.493 e. The lowest BCUT2D eigenvalue weighted by molar-refractivity contribution is -0.00255. The molecular weight excluding hydrogens is 455 g/mol. The molecule has 0 amide bonds. The maximum Gasteiger partial charge on any atom is 0.191 e. The maximum atomic E-state index is 5.78. The number of aliphatic imine (C=N–C) groups is 1. The first-order valence-electron chi connectivity index (χ1n) is 9.66. The zero-order valence-corrected chi connectivity index (χ0v) is 19.0. The number of ether oxygens (including phenoxy) is 2. The van der Waals surface area contributed by atoms with Crippen LogP contribution < -0.4 is 15.4 Å². The van der Waals surface area contributed by atoms with Gasteiger partial charge in [0.15, 0.2) is 5.96 Å². The van der Waals surface area contributed by atoms with Crippen molar-refractivity contribution in [1.82, 2.24) is 15.5 Å². The maximum absolute atomic E-state index is 5.78. The van der Waals surface area contributed by atoms with Crippen LogP contribution in [0.1, 0.15) is 37.8 Å². The molecule has 0 bridgehead atoms. The van der Waals surface area contributed by atoms with E-state index in [0.717, 1.165) is 63.9 Å². The summed E-state index contributed by atoms with van der Waals surface area (Å²) in [5, 5.41) is 7.02. The summed E-state index contributed by atoms with van der Waals surface area (Å²) in [5.74, 6) is 1.85. The molecule has 2 aliphatic heterocycles. The van der Waals surface area contributed by atoms with Gasteiger partial charge in [0.05, 0.1) is 19.2 Å². The smallest absolute Gasteiger partial charge is 0.191 e. The molecule has 1 fully saturated rings. The van der Waals surface area contributed by atoms with Crippen molar-refractivity contribution in [1.29, 1.82) is 0 Å². The van der Waals surface area contributed by atoms with Crippen LogP contribution in [0.5, 0.6) is 5.75 Å². The van der Waals surface area contributed by atoms with E-state index < -0.39 is 0 Å². The third kappa shape index (κ3) is 5.48. The number of nitrogens with zero attached hydrogens (tertiary/aromatic N) is 2. The van der Waals surface area contributed by atoms with Gasteiger partial charge < -0.3 is 25.0 Å². The zero-order valence-electron chi connectivity index (χ0n) is 16.7. The van der Waals surface area contributed by atoms with Crippen molar-refractivity contribution in [2.45, 2.75) is 37.8 Å². The van der Waals surface area contributed by atoms with Gasteiger partial charge in [0.2, 0.25) is 0 Å². The summed E-state index contributed by atoms with van der Waals surface area (Å²) in [5.41, 5.74) is 1.28. The van der Waals surface area contributed by atoms with Crippen LogP contribution in [0.4, 0.5) is 0 Å². The number of para-hydroxylation sites is 1. The lowest BCUT2D eigenvalue weighted by Crippen LogP contribution is -2.52. The second-order valence-corrected chi connectivity index (χ2v) is 7.30. The van der Waals surface area contributed by atoms with E-state index in [1.807, 2.05) is 12.1 Å². The van der Waals surface area contributed by atoms with E-state index >= 15 is 0 Å². The Morgan fingerprint density at radius 2 is 1.96 bits per heavy atom. The van der Waals surface area contributed by atoms with Crippen molar-refractivity contribution in [3.8, 4) is 5.75 Å². The molecule has 0 aromatic heterocycles. The van der Waals surface area contributed by atoms with Gasteiger partial charge in [0.1, 0.15) is 5.75 Å². The van der Waals surface area contributed by atoms with E-state index in [2.05, 4.69) is 48.7 Å². The second kappa shape index (κ2) is 10.5. The van der Waals surface area contributed by atoms with Crippen molar-refractivity contribution >= 4 is 29.9 Å². The van der Waals surface area contributed by atoms with Crippen LogP contribution in [0.2, 0.25) is 0 Å². The van der Waals surface area contributed by atoms with E-state index in [1.165, 1.54) is 5.56 Å². The molecule has 0 aliphatic carbocycles. The van der Waals surface area contributed by atoms with E-state index in [-0.39, 0.29) is 35.6 Å². The molecule has 2 heterocycles. The Morgan fingerprint density at radius 3 is 2.67 bits per heavy atom. The Kier molecular flexibility index (Phi) is 8.62. The molecule has 6 nitrogen and oxygen atoms in total. The molecule has 3 rings (SSSR count). The number of hydrogen-bond acceptors (Lipinski definition) is 4. The predicted octanol–water partition coefficient (Wildman–Crippen LogP) is 2.79. The van der Waals surface area contributed by atoms with Crippen LogP contribution in [-0.4, -0.2) is 63.4 Å². The normalized spacial score (nSPS) is 21.6. The van der Waals surface area contributed by atoms with Crippen molar-refractivity contribution in [2.75, 3.05) is 47.0 Å². The molecule has 1 saturated heterocycles. The standard InChI is InChI=1S/C20H32N4O2.HI/c1-4-21-19(22-15-20(24(2)3)10-13-25-14-11-20)23-17-9-12-26-18-8-6-5-7-16(17)18;/h5-8,17H,4,9-15H2,1-3H3,(H2,21,22,23);1H. The Balaban J connectivity index is 0.00000261. The number of halogens is 1. The Bertz CT molecular complexity index is 618. The Hall–Kier alpha value is -1.06. The van der Waals surface area contributed by atoms with Gasteiger partial charge in [-0.2, -0.15) is 0 Å². The molecule has 1 aromatic rings. The van der Waals surface area contributed by atoms with Gasteiger partial charge in [0.25, 0.3) is 0 Å². The highest BCUT2D eigenvalue weighted by molar-refractivity contribution is 14.0. The highest BCUT2D eigenvalue weighted by atomic mass is 127. The third-order valence-corrected chi connectivity index (χ3v) is 5.52. The minimum Gasteiger partial charge on any atom is -0.493 e. The molecule has 152 valence electrons. The number of hydrogen-bond donors (Lipinski definition) is 2. The summed E-state index contributed by atoms with van der Waals surface area (Å²) in [6.45, 7) is 6.06. The number of rotatable bonds is 5. The number of benzene rings is 1. The summed E-state index contributed by atoms with van der Waals surface area (Å²) in [6.07, 6.45) is 2.97. The van der Waals surface area contributed by atoms with Crippen LogP contribution in [0, 0.1) is 0 Å². The van der Waals surface area contributed by atoms with Gasteiger partial charge in [0, 0.05) is 37.3 Å². The van der Waals surface area contributed by atoms with Crippen molar-refractivity contribution in [2.24, 2.45) is 4.99 Å². The average molecular weight is 488 g/mol. The van der Waals surface area contributed by atoms with E-state index in [0.29, 0.717) is 0 Å². The topological polar surface area (TPSA) is 58.1 Å². The quantitative estimate of drug-likeness (QED) is 0.380. The van der Waals surface area contributed by atoms with Crippen LogP contribution in [0.15, 0.2) is 29.3 Å². The van der Waals surface area contributed by atoms with Gasteiger partial charge in [-0.25, -0.2) is 0 Å². The average Bonchev–Trinajstić information content (AvgIpc) is 2.67. The Labute approximate surface area is 180 Å². The molecule has 0 radical (unpaired) electrons. The van der Waals surface area contributed by atoms with Gasteiger partial charge in [-0.3, -0.25) is 4.99 Å². The van der Waals surface area contributed by atoms with E-state index in [1.54, 1.807) is 0 Å². The van der Waals surface area contributed by atoms with Crippen LogP contribution in [0.25, 0.3) is 0 Å².